The van der Waals surface area contributed by atoms with Gasteiger partial charge in [0.1, 0.15) is 24.1 Å². The molecule has 4 aromatic rings. The van der Waals surface area contributed by atoms with Crippen molar-refractivity contribution in [2.45, 2.75) is 63.5 Å². The van der Waals surface area contributed by atoms with Crippen molar-refractivity contribution in [1.82, 2.24) is 20.2 Å². The van der Waals surface area contributed by atoms with Gasteiger partial charge >= 0.3 is 0 Å². The van der Waals surface area contributed by atoms with Crippen LogP contribution in [-0.2, 0) is 21.6 Å². The number of hydrogen-bond donors (Lipinski definition) is 2. The predicted octanol–water partition coefficient (Wildman–Crippen LogP) is 5.01. The maximum Gasteiger partial charge on any atom is 0.262 e. The highest BCUT2D eigenvalue weighted by Gasteiger charge is 2.44. The van der Waals surface area contributed by atoms with E-state index in [9.17, 15) is 24.0 Å². The summed E-state index contributed by atoms with van der Waals surface area (Å²) < 4.78 is 12.0. The van der Waals surface area contributed by atoms with E-state index >= 15 is 0 Å². The molecule has 2 fully saturated rings. The molecule has 0 bridgehead atoms. The highest BCUT2D eigenvalue weighted by atomic mass is 16.5. The number of anilines is 1. The van der Waals surface area contributed by atoms with Crippen LogP contribution in [0.1, 0.15) is 93.6 Å². The smallest absolute Gasteiger partial charge is 0.262 e. The highest BCUT2D eigenvalue weighted by Crippen LogP contribution is 2.49. The summed E-state index contributed by atoms with van der Waals surface area (Å²) in [6, 6.07) is 22.2. The molecule has 1 saturated carbocycles. The molecule has 2 aliphatic heterocycles. The van der Waals surface area contributed by atoms with Gasteiger partial charge in [-0.25, -0.2) is 9.97 Å². The van der Waals surface area contributed by atoms with Gasteiger partial charge < -0.3 is 14.8 Å². The summed E-state index contributed by atoms with van der Waals surface area (Å²) in [5.74, 6) is -0.583. The molecular weight excluding hydrogens is 650 g/mol. The number of amides is 4. The third-order valence-corrected chi connectivity index (χ3v) is 9.79. The Morgan fingerprint density at radius 2 is 1.59 bits per heavy atom. The second kappa shape index (κ2) is 14.1. The van der Waals surface area contributed by atoms with Crippen molar-refractivity contribution in [3.63, 3.8) is 0 Å². The van der Waals surface area contributed by atoms with Crippen LogP contribution in [0, 0.1) is 0 Å². The van der Waals surface area contributed by atoms with Crippen LogP contribution >= 0.6 is 0 Å². The van der Waals surface area contributed by atoms with Gasteiger partial charge in [-0.05, 0) is 85.3 Å². The van der Waals surface area contributed by atoms with Crippen LogP contribution in [0.25, 0.3) is 0 Å². The third kappa shape index (κ3) is 6.81. The summed E-state index contributed by atoms with van der Waals surface area (Å²) in [4.78, 5) is 70.6. The Morgan fingerprint density at radius 3 is 2.24 bits per heavy atom. The molecule has 3 heterocycles. The van der Waals surface area contributed by atoms with Crippen LogP contribution in [0.4, 0.5) is 5.69 Å². The molecule has 1 aliphatic carbocycles. The summed E-state index contributed by atoms with van der Waals surface area (Å²) >= 11 is 0. The molecule has 12 heteroatoms. The minimum absolute atomic E-state index is 0.0508. The fourth-order valence-electron chi connectivity index (χ4n) is 6.89. The average Bonchev–Trinajstić information content (AvgIpc) is 3.36. The van der Waals surface area contributed by atoms with Gasteiger partial charge in [0.05, 0.1) is 23.4 Å². The molecule has 3 aromatic carbocycles. The van der Waals surface area contributed by atoms with Gasteiger partial charge in [-0.3, -0.25) is 34.2 Å². The van der Waals surface area contributed by atoms with Gasteiger partial charge in [0.25, 0.3) is 11.8 Å². The number of Topliss-reactive ketones (excluding diaryl/α,β-unsaturated/α-hetero) is 1. The van der Waals surface area contributed by atoms with Crippen molar-refractivity contribution in [3.05, 3.63) is 113 Å². The van der Waals surface area contributed by atoms with Crippen molar-refractivity contribution in [2.24, 2.45) is 0 Å². The first-order valence-corrected chi connectivity index (χ1v) is 17.1. The van der Waals surface area contributed by atoms with Gasteiger partial charge in [-0.15, -0.1) is 0 Å². The monoisotopic (exact) mass is 687 g/mol. The molecular formula is C39H37N5O7. The van der Waals surface area contributed by atoms with Crippen LogP contribution in [-0.4, -0.2) is 63.5 Å². The summed E-state index contributed by atoms with van der Waals surface area (Å²) in [5.41, 5.74) is 4.25. The van der Waals surface area contributed by atoms with Crippen LogP contribution in [0.15, 0.2) is 79.0 Å². The zero-order valence-corrected chi connectivity index (χ0v) is 28.1. The van der Waals surface area contributed by atoms with Gasteiger partial charge in [-0.2, -0.15) is 0 Å². The van der Waals surface area contributed by atoms with E-state index in [2.05, 4.69) is 44.9 Å². The largest absolute Gasteiger partial charge is 0.494 e. The molecule has 12 nitrogen and oxygen atoms in total. The van der Waals surface area contributed by atoms with Gasteiger partial charge in [0.2, 0.25) is 11.8 Å². The van der Waals surface area contributed by atoms with Crippen LogP contribution in [0.3, 0.4) is 0 Å². The number of carbonyl (C=O) groups excluding carboxylic acids is 5. The molecule has 260 valence electrons. The Labute approximate surface area is 294 Å². The molecule has 7 rings (SSSR count). The Morgan fingerprint density at radius 1 is 0.902 bits per heavy atom. The summed E-state index contributed by atoms with van der Waals surface area (Å²) in [7, 11) is 0. The second-order valence-electron chi connectivity index (χ2n) is 13.0. The topological polar surface area (TPSA) is 157 Å². The summed E-state index contributed by atoms with van der Waals surface area (Å²) in [5, 5.41) is 5.49. The molecule has 0 radical (unpaired) electrons. The molecule has 2 N–H and O–H groups in total. The number of aromatic nitrogens is 2. The lowest BCUT2D eigenvalue weighted by Crippen LogP contribution is -2.54. The maximum absolute atomic E-state index is 13.1. The number of imide groups is 2. The number of rotatable bonds is 13. The lowest BCUT2D eigenvalue weighted by Gasteiger charge is -2.43. The number of carbonyl (C=O) groups is 5. The predicted molar refractivity (Wildman–Crippen MR) is 186 cm³/mol. The molecule has 1 unspecified atom stereocenters. The average molecular weight is 688 g/mol. The quantitative estimate of drug-likeness (QED) is 0.111. The Bertz CT molecular complexity index is 2010. The van der Waals surface area contributed by atoms with Crippen molar-refractivity contribution in [1.29, 1.82) is 0 Å². The van der Waals surface area contributed by atoms with Gasteiger partial charge in [0.15, 0.2) is 11.6 Å². The molecule has 0 spiro atoms. The Hall–Kier alpha value is -5.91. The summed E-state index contributed by atoms with van der Waals surface area (Å²) in [6.07, 6.45) is 5.73. The van der Waals surface area contributed by atoms with E-state index in [-0.39, 0.29) is 47.6 Å². The molecule has 51 heavy (non-hydrogen) atoms. The van der Waals surface area contributed by atoms with Crippen molar-refractivity contribution in [3.8, 4) is 11.5 Å². The van der Waals surface area contributed by atoms with E-state index in [1.54, 1.807) is 30.5 Å². The number of fused-ring (bicyclic) bond motifs is 1. The fourth-order valence-corrected chi connectivity index (χ4v) is 6.89. The number of ketones is 1. The van der Waals surface area contributed by atoms with Gasteiger partial charge in [-0.1, -0.05) is 30.7 Å². The fraction of sp³-hybridized carbons (Fsp3) is 0.308. The van der Waals surface area contributed by atoms with Crippen molar-refractivity contribution in [2.75, 3.05) is 18.5 Å². The van der Waals surface area contributed by atoms with Gasteiger partial charge in [0, 0.05) is 37.2 Å². The molecule has 1 aromatic heterocycles. The van der Waals surface area contributed by atoms with E-state index in [4.69, 9.17) is 9.47 Å². The molecule has 4 amide bonds. The maximum atomic E-state index is 13.1. The zero-order chi connectivity index (χ0) is 35.5. The van der Waals surface area contributed by atoms with Crippen LogP contribution in [0.5, 0.6) is 11.5 Å². The van der Waals surface area contributed by atoms with Crippen molar-refractivity contribution >= 4 is 35.1 Å². The molecule has 1 saturated heterocycles. The number of ether oxygens (including phenoxy) is 2. The van der Waals surface area contributed by atoms with E-state index < -0.39 is 29.7 Å². The number of nitrogens with one attached hydrogen (secondary N) is 2. The minimum Gasteiger partial charge on any atom is -0.494 e. The number of piperidine rings is 1. The molecule has 3 aliphatic rings. The zero-order valence-electron chi connectivity index (χ0n) is 28.1. The number of nitrogens with zero attached hydrogens (tertiary/aromatic N) is 3. The minimum atomic E-state index is -0.990. The second-order valence-corrected chi connectivity index (χ2v) is 13.0. The van der Waals surface area contributed by atoms with E-state index in [0.29, 0.717) is 31.0 Å². The first-order chi connectivity index (χ1) is 24.7. The highest BCUT2D eigenvalue weighted by molar-refractivity contribution is 6.23. The first-order valence-electron chi connectivity index (χ1n) is 17.1. The number of benzene rings is 3. The lowest BCUT2D eigenvalue weighted by atomic mass is 9.60. The Kier molecular flexibility index (Phi) is 9.31. The van der Waals surface area contributed by atoms with Crippen molar-refractivity contribution < 1.29 is 33.4 Å². The van der Waals surface area contributed by atoms with E-state index in [1.807, 2.05) is 24.3 Å². The Balaban J connectivity index is 0.890. The SMILES string of the molecule is CC(=O)c1nccc(COc2ccc(C3(c4ccc(OCCCNc5ccc6c(c5)C(=O)N(C5CCC(=O)NC5=O)C6=O)cc4)CCC3)cc2)n1. The number of hydrogen-bond acceptors (Lipinski definition) is 10. The normalized spacial score (nSPS) is 17.7. The van der Waals surface area contributed by atoms with Crippen LogP contribution in [0.2, 0.25) is 0 Å². The van der Waals surface area contributed by atoms with E-state index in [0.717, 1.165) is 35.7 Å². The van der Waals surface area contributed by atoms with E-state index in [1.165, 1.54) is 18.1 Å². The van der Waals surface area contributed by atoms with Crippen LogP contribution < -0.4 is 20.1 Å². The standard InChI is InChI=1S/C39H37N5O7/c1-24(45)35-41-20-16-28(42-35)23-51-30-11-6-26(7-12-30)39(17-2-18-39)25-4-9-29(10-5-25)50-21-3-19-40-27-8-13-31-32(22-27)38(49)44(37(31)48)33-14-15-34(46)43-36(33)47/h4-13,16,20,22,33,40H,2-3,14-15,17-19,21,23H2,1H3,(H,43,46,47). The molecule has 1 atom stereocenters. The third-order valence-electron chi connectivity index (χ3n) is 9.79. The summed E-state index contributed by atoms with van der Waals surface area (Å²) in [6.45, 7) is 2.75. The lowest BCUT2D eigenvalue weighted by molar-refractivity contribution is -0.136. The first kappa shape index (κ1) is 33.6.